The van der Waals surface area contributed by atoms with Crippen molar-refractivity contribution in [1.29, 1.82) is 0 Å². The molecule has 0 amide bonds. The van der Waals surface area contributed by atoms with Crippen molar-refractivity contribution in [2.75, 3.05) is 4.43 Å². The Bertz CT molecular complexity index is 409. The van der Waals surface area contributed by atoms with Crippen molar-refractivity contribution >= 4 is 41.1 Å². The SMILES string of the molecule is C[Si](C)(Cl)CCCCCCCCCCCCCCCCCCCCCCCCCCCCCCCCI. The summed E-state index contributed by atoms with van der Waals surface area (Å²) in [6.45, 7) is 4.55. The molecule has 0 spiro atoms. The molecule has 0 aliphatic heterocycles. The van der Waals surface area contributed by atoms with E-state index >= 15 is 0 Å². The van der Waals surface area contributed by atoms with Gasteiger partial charge in [0.1, 0.15) is 7.38 Å². The smallest absolute Gasteiger partial charge is 0.150 e. The Morgan fingerprint density at radius 1 is 0.324 bits per heavy atom. The van der Waals surface area contributed by atoms with Gasteiger partial charge in [0.2, 0.25) is 0 Å². The summed E-state index contributed by atoms with van der Waals surface area (Å²) in [7, 11) is -1.31. The van der Waals surface area contributed by atoms with Crippen LogP contribution in [0, 0.1) is 0 Å². The molecule has 0 saturated carbocycles. The largest absolute Gasteiger partial charge is 0.168 e. The average molecular weight is 669 g/mol. The van der Waals surface area contributed by atoms with Gasteiger partial charge in [0.15, 0.2) is 0 Å². The standard InChI is InChI=1S/C34H70ClISi/c1-37(2,35)34-32-30-28-26-24-22-20-18-16-14-12-10-8-6-4-3-5-7-9-11-13-15-17-19-21-23-25-27-29-31-33-36/h3-34H2,1-2H3. The van der Waals surface area contributed by atoms with Gasteiger partial charge in [-0.3, -0.25) is 0 Å². The Balaban J connectivity index is 3.04. The molecule has 0 aromatic rings. The van der Waals surface area contributed by atoms with Crippen LogP contribution in [0.5, 0.6) is 0 Å². The molecule has 3 heteroatoms. The summed E-state index contributed by atoms with van der Waals surface area (Å²) in [4.78, 5) is 0. The maximum Gasteiger partial charge on any atom is 0.150 e. The zero-order valence-electron chi connectivity index (χ0n) is 25.9. The Morgan fingerprint density at radius 3 is 0.649 bits per heavy atom. The predicted octanol–water partition coefficient (Wildman–Crippen LogP) is 14.6. The number of unbranched alkanes of at least 4 members (excludes halogenated alkanes) is 29. The van der Waals surface area contributed by atoms with E-state index in [1.165, 1.54) is 203 Å². The average Bonchev–Trinajstić information content (AvgIpc) is 2.86. The van der Waals surface area contributed by atoms with Crippen LogP contribution in [0.3, 0.4) is 0 Å². The lowest BCUT2D eigenvalue weighted by Crippen LogP contribution is -2.14. The quantitative estimate of drug-likeness (QED) is 0.0220. The fourth-order valence-corrected chi connectivity index (χ4v) is 7.62. The van der Waals surface area contributed by atoms with E-state index in [2.05, 4.69) is 35.7 Å². The number of hydrogen-bond donors (Lipinski definition) is 0. The molecule has 0 nitrogen and oxygen atoms in total. The first-order chi connectivity index (χ1) is 18.1. The van der Waals surface area contributed by atoms with Gasteiger partial charge in [-0.05, 0) is 16.9 Å². The van der Waals surface area contributed by atoms with E-state index in [1.807, 2.05) is 0 Å². The first kappa shape index (κ1) is 38.2. The Labute approximate surface area is 255 Å². The van der Waals surface area contributed by atoms with Gasteiger partial charge in [0.25, 0.3) is 0 Å². The van der Waals surface area contributed by atoms with Crippen molar-refractivity contribution in [1.82, 2.24) is 0 Å². The maximum absolute atomic E-state index is 6.39. The van der Waals surface area contributed by atoms with E-state index in [-0.39, 0.29) is 0 Å². The molecule has 0 aromatic heterocycles. The monoisotopic (exact) mass is 668 g/mol. The minimum Gasteiger partial charge on any atom is -0.168 e. The van der Waals surface area contributed by atoms with Crippen LogP contribution in [0.1, 0.15) is 193 Å². The minimum atomic E-state index is -1.31. The fourth-order valence-electron chi connectivity index (χ4n) is 5.59. The first-order valence-corrected chi connectivity index (χ1v) is 23.1. The van der Waals surface area contributed by atoms with E-state index in [4.69, 9.17) is 11.1 Å². The summed E-state index contributed by atoms with van der Waals surface area (Å²) in [6.07, 6.45) is 44.2. The van der Waals surface area contributed by atoms with Crippen LogP contribution in [-0.2, 0) is 0 Å². The van der Waals surface area contributed by atoms with Crippen molar-refractivity contribution in [2.45, 2.75) is 212 Å². The molecule has 0 rings (SSSR count). The molecule has 0 fully saturated rings. The lowest BCUT2D eigenvalue weighted by Gasteiger charge is -2.11. The van der Waals surface area contributed by atoms with Gasteiger partial charge in [0.05, 0.1) is 0 Å². The van der Waals surface area contributed by atoms with Gasteiger partial charge >= 0.3 is 0 Å². The molecular weight excluding hydrogens is 599 g/mol. The summed E-state index contributed by atoms with van der Waals surface area (Å²) in [6, 6.07) is 1.30. The Hall–Kier alpha value is 1.24. The van der Waals surface area contributed by atoms with Crippen LogP contribution in [-0.4, -0.2) is 11.8 Å². The zero-order chi connectivity index (χ0) is 27.1. The Kier molecular flexibility index (Phi) is 32.8. The van der Waals surface area contributed by atoms with Gasteiger partial charge in [-0.1, -0.05) is 222 Å². The molecule has 0 aliphatic rings. The van der Waals surface area contributed by atoms with Crippen molar-refractivity contribution in [3.8, 4) is 0 Å². The minimum absolute atomic E-state index is 1.30. The van der Waals surface area contributed by atoms with Gasteiger partial charge in [0, 0.05) is 0 Å². The molecule has 0 heterocycles. The molecule has 0 saturated heterocycles. The second kappa shape index (κ2) is 31.8. The van der Waals surface area contributed by atoms with Crippen LogP contribution in [0.4, 0.5) is 0 Å². The van der Waals surface area contributed by atoms with Crippen molar-refractivity contribution in [3.63, 3.8) is 0 Å². The topological polar surface area (TPSA) is 0 Å². The summed E-state index contributed by atoms with van der Waals surface area (Å²) < 4.78 is 1.34. The lowest BCUT2D eigenvalue weighted by molar-refractivity contribution is 0.513. The van der Waals surface area contributed by atoms with Crippen molar-refractivity contribution in [3.05, 3.63) is 0 Å². The van der Waals surface area contributed by atoms with Crippen LogP contribution in [0.15, 0.2) is 0 Å². The third kappa shape index (κ3) is 37.2. The fraction of sp³-hybridized carbons (Fsp3) is 1.00. The normalized spacial score (nSPS) is 12.0. The predicted molar refractivity (Wildman–Crippen MR) is 186 cm³/mol. The van der Waals surface area contributed by atoms with Gasteiger partial charge in [-0.15, -0.1) is 0 Å². The van der Waals surface area contributed by atoms with Crippen LogP contribution in [0.25, 0.3) is 0 Å². The van der Waals surface area contributed by atoms with Gasteiger partial charge < -0.3 is 0 Å². The summed E-state index contributed by atoms with van der Waals surface area (Å²) >= 11 is 8.89. The second-order valence-corrected chi connectivity index (χ2v) is 20.9. The van der Waals surface area contributed by atoms with Gasteiger partial charge in [-0.2, -0.15) is 11.1 Å². The third-order valence-corrected chi connectivity index (χ3v) is 11.0. The third-order valence-electron chi connectivity index (χ3n) is 8.15. The summed E-state index contributed by atoms with van der Waals surface area (Å²) in [5.41, 5.74) is 0. The highest BCUT2D eigenvalue weighted by atomic mass is 127. The molecule has 0 aliphatic carbocycles. The molecule has 0 unspecified atom stereocenters. The zero-order valence-corrected chi connectivity index (χ0v) is 29.8. The summed E-state index contributed by atoms with van der Waals surface area (Å²) in [5, 5.41) is 0. The summed E-state index contributed by atoms with van der Waals surface area (Å²) in [5.74, 6) is 0. The number of hydrogen-bond acceptors (Lipinski definition) is 0. The molecule has 37 heavy (non-hydrogen) atoms. The van der Waals surface area contributed by atoms with Crippen LogP contribution in [0.2, 0.25) is 19.1 Å². The number of alkyl halides is 1. The van der Waals surface area contributed by atoms with Crippen molar-refractivity contribution in [2.24, 2.45) is 0 Å². The molecule has 0 bridgehead atoms. The highest BCUT2D eigenvalue weighted by Gasteiger charge is 2.15. The second-order valence-electron chi connectivity index (χ2n) is 12.8. The molecule has 224 valence electrons. The van der Waals surface area contributed by atoms with E-state index in [0.717, 1.165) is 0 Å². The maximum atomic E-state index is 6.39. The van der Waals surface area contributed by atoms with Crippen LogP contribution < -0.4 is 0 Å². The Morgan fingerprint density at radius 2 is 0.486 bits per heavy atom. The van der Waals surface area contributed by atoms with Crippen molar-refractivity contribution < 1.29 is 0 Å². The number of rotatable bonds is 32. The van der Waals surface area contributed by atoms with E-state index in [1.54, 1.807) is 0 Å². The molecule has 0 radical (unpaired) electrons. The van der Waals surface area contributed by atoms with Gasteiger partial charge in [-0.25, -0.2) is 0 Å². The van der Waals surface area contributed by atoms with E-state index < -0.39 is 7.38 Å². The van der Waals surface area contributed by atoms with Crippen LogP contribution >= 0.6 is 33.7 Å². The first-order valence-electron chi connectivity index (χ1n) is 17.3. The molecule has 0 atom stereocenters. The van der Waals surface area contributed by atoms with E-state index in [0.29, 0.717) is 0 Å². The number of halogens is 2. The highest BCUT2D eigenvalue weighted by Crippen LogP contribution is 2.20. The molecule has 0 aromatic carbocycles. The lowest BCUT2D eigenvalue weighted by atomic mass is 10.0. The molecule has 0 N–H and O–H groups in total. The highest BCUT2D eigenvalue weighted by molar-refractivity contribution is 14.1. The molecular formula is C34H70ClISi. The van der Waals surface area contributed by atoms with E-state index in [9.17, 15) is 0 Å².